The molecule has 0 spiro atoms. The van der Waals surface area contributed by atoms with E-state index in [2.05, 4.69) is 99.8 Å². The van der Waals surface area contributed by atoms with E-state index >= 15 is 0 Å². The minimum absolute atomic E-state index is 0.0938. The molecule has 0 aliphatic heterocycles. The van der Waals surface area contributed by atoms with Gasteiger partial charge in [0.2, 0.25) is 5.71 Å². The molecule has 0 unspecified atom stereocenters. The Bertz CT molecular complexity index is 1780. The van der Waals surface area contributed by atoms with Gasteiger partial charge in [-0.15, -0.1) is 0 Å². The van der Waals surface area contributed by atoms with E-state index in [1.54, 1.807) is 0 Å². The molecule has 0 radical (unpaired) electrons. The molecule has 36 heavy (non-hydrogen) atoms. The van der Waals surface area contributed by atoms with Crippen LogP contribution in [0.3, 0.4) is 0 Å². The third kappa shape index (κ3) is 3.60. The monoisotopic (exact) mass is 473 g/mol. The lowest BCUT2D eigenvalue weighted by Crippen LogP contribution is -2.12. The number of hydrogen-bond donors (Lipinski definition) is 0. The van der Waals surface area contributed by atoms with Crippen LogP contribution >= 0.6 is 0 Å². The van der Waals surface area contributed by atoms with E-state index in [0.29, 0.717) is 5.71 Å². The van der Waals surface area contributed by atoms with Crippen LogP contribution in [0.25, 0.3) is 44.5 Å². The summed E-state index contributed by atoms with van der Waals surface area (Å²) in [5.74, 6) is 0.912. The van der Waals surface area contributed by atoms with Gasteiger partial charge in [-0.1, -0.05) is 63.2 Å². The number of para-hydroxylation sites is 2. The fourth-order valence-electron chi connectivity index (χ4n) is 5.09. The standard InChI is InChI=1S/C32H31N3O/c1-19-14-15-24(29-28(19)25-16-20(2)21(3)33-31(25)36-29)30-34-26-12-7-8-13-27(26)35(30)18-22-10-9-11-23(17-22)32(4,5)6/h7-17H,18H2,1-6H3. The summed E-state index contributed by atoms with van der Waals surface area (Å²) in [6, 6.07) is 23.8. The van der Waals surface area contributed by atoms with Gasteiger partial charge in [-0.3, -0.25) is 0 Å². The highest BCUT2D eigenvalue weighted by Gasteiger charge is 2.21. The number of nitrogens with zero attached hydrogens (tertiary/aromatic N) is 3. The van der Waals surface area contributed by atoms with E-state index < -0.39 is 0 Å². The van der Waals surface area contributed by atoms with Crippen molar-refractivity contribution in [1.82, 2.24) is 14.5 Å². The molecule has 0 saturated carbocycles. The van der Waals surface area contributed by atoms with E-state index in [1.807, 2.05) is 13.0 Å². The number of fused-ring (bicyclic) bond motifs is 4. The van der Waals surface area contributed by atoms with Crippen LogP contribution < -0.4 is 0 Å². The summed E-state index contributed by atoms with van der Waals surface area (Å²) in [5.41, 5.74) is 10.6. The summed E-state index contributed by atoms with van der Waals surface area (Å²) < 4.78 is 8.77. The Morgan fingerprint density at radius 3 is 2.44 bits per heavy atom. The minimum Gasteiger partial charge on any atom is -0.437 e. The van der Waals surface area contributed by atoms with E-state index in [1.165, 1.54) is 22.3 Å². The van der Waals surface area contributed by atoms with Gasteiger partial charge in [0.1, 0.15) is 11.4 Å². The van der Waals surface area contributed by atoms with Crippen molar-refractivity contribution in [2.45, 2.75) is 53.5 Å². The molecule has 4 heteroatoms. The average molecular weight is 474 g/mol. The molecule has 0 N–H and O–H groups in total. The smallest absolute Gasteiger partial charge is 0.227 e. The van der Waals surface area contributed by atoms with Crippen molar-refractivity contribution in [3.8, 4) is 11.4 Å². The van der Waals surface area contributed by atoms with E-state index in [0.717, 1.165) is 51.0 Å². The molecule has 0 aliphatic carbocycles. The van der Waals surface area contributed by atoms with Crippen LogP contribution in [0.5, 0.6) is 0 Å². The summed E-state index contributed by atoms with van der Waals surface area (Å²) in [4.78, 5) is 9.88. The predicted octanol–water partition coefficient (Wildman–Crippen LogP) is 8.27. The maximum atomic E-state index is 6.46. The Balaban J connectivity index is 1.60. The first-order valence-electron chi connectivity index (χ1n) is 12.6. The van der Waals surface area contributed by atoms with E-state index in [-0.39, 0.29) is 5.41 Å². The van der Waals surface area contributed by atoms with Crippen molar-refractivity contribution in [1.29, 1.82) is 0 Å². The molecular formula is C32H31N3O. The van der Waals surface area contributed by atoms with Gasteiger partial charge in [-0.05, 0) is 72.7 Å². The molecule has 3 heterocycles. The molecule has 3 aromatic heterocycles. The quantitative estimate of drug-likeness (QED) is 0.260. The number of aryl methyl sites for hydroxylation is 3. The van der Waals surface area contributed by atoms with Crippen LogP contribution in [0.2, 0.25) is 0 Å². The molecule has 0 fully saturated rings. The van der Waals surface area contributed by atoms with Gasteiger partial charge in [0.05, 0.1) is 16.6 Å². The third-order valence-corrected chi connectivity index (χ3v) is 7.29. The highest BCUT2D eigenvalue weighted by Crippen LogP contribution is 2.38. The number of hydrogen-bond acceptors (Lipinski definition) is 3. The van der Waals surface area contributed by atoms with Crippen molar-refractivity contribution < 1.29 is 4.42 Å². The molecule has 0 saturated heterocycles. The lowest BCUT2D eigenvalue weighted by Gasteiger charge is -2.20. The Morgan fingerprint density at radius 1 is 0.833 bits per heavy atom. The molecule has 180 valence electrons. The minimum atomic E-state index is 0.0938. The van der Waals surface area contributed by atoms with E-state index in [4.69, 9.17) is 14.4 Å². The normalized spacial score (nSPS) is 12.3. The largest absolute Gasteiger partial charge is 0.437 e. The van der Waals surface area contributed by atoms with Crippen LogP contribution in [0.15, 0.2) is 71.1 Å². The zero-order valence-electron chi connectivity index (χ0n) is 21.8. The Hall–Kier alpha value is -3.92. The molecule has 0 aliphatic rings. The maximum absolute atomic E-state index is 6.46. The van der Waals surface area contributed by atoms with Crippen molar-refractivity contribution in [2.24, 2.45) is 0 Å². The molecule has 0 bridgehead atoms. The summed E-state index contributed by atoms with van der Waals surface area (Å²) in [6.45, 7) is 13.8. The second-order valence-electron chi connectivity index (χ2n) is 10.9. The fraction of sp³-hybridized carbons (Fsp3) is 0.250. The average Bonchev–Trinajstić information content (AvgIpc) is 3.38. The van der Waals surface area contributed by atoms with Crippen LogP contribution in [0, 0.1) is 20.8 Å². The highest BCUT2D eigenvalue weighted by molar-refractivity contribution is 6.10. The first kappa shape index (κ1) is 22.5. The number of imidazole rings is 1. The Kier molecular flexibility index (Phi) is 5.04. The molecule has 6 rings (SSSR count). The van der Waals surface area contributed by atoms with Crippen molar-refractivity contribution in [2.75, 3.05) is 0 Å². The number of furan rings is 1. The van der Waals surface area contributed by atoms with Gasteiger partial charge in [-0.25, -0.2) is 9.97 Å². The number of pyridine rings is 1. The number of aromatic nitrogens is 3. The van der Waals surface area contributed by atoms with E-state index in [9.17, 15) is 0 Å². The molecular weight excluding hydrogens is 442 g/mol. The summed E-state index contributed by atoms with van der Waals surface area (Å²) in [6.07, 6.45) is 0. The van der Waals surface area contributed by atoms with Gasteiger partial charge in [0.25, 0.3) is 0 Å². The lowest BCUT2D eigenvalue weighted by molar-refractivity contribution is 0.589. The zero-order valence-corrected chi connectivity index (χ0v) is 21.8. The first-order chi connectivity index (χ1) is 17.2. The molecule has 0 atom stereocenters. The Morgan fingerprint density at radius 2 is 1.64 bits per heavy atom. The highest BCUT2D eigenvalue weighted by atomic mass is 16.3. The van der Waals surface area contributed by atoms with Gasteiger partial charge >= 0.3 is 0 Å². The molecule has 4 nitrogen and oxygen atoms in total. The van der Waals surface area contributed by atoms with Crippen LogP contribution in [0.4, 0.5) is 0 Å². The summed E-state index contributed by atoms with van der Waals surface area (Å²) >= 11 is 0. The fourth-order valence-corrected chi connectivity index (χ4v) is 5.09. The molecule has 0 amide bonds. The van der Waals surface area contributed by atoms with Gasteiger partial charge < -0.3 is 8.98 Å². The second kappa shape index (κ2) is 8.06. The molecule has 3 aromatic carbocycles. The van der Waals surface area contributed by atoms with Gasteiger partial charge in [0.15, 0.2) is 0 Å². The SMILES string of the molecule is Cc1cc2c(nc1C)oc1c(-c3nc4ccccc4n3Cc3cccc(C(C)(C)C)c3)ccc(C)c12. The van der Waals surface area contributed by atoms with Gasteiger partial charge in [-0.2, -0.15) is 0 Å². The topological polar surface area (TPSA) is 43.9 Å². The van der Waals surface area contributed by atoms with Crippen molar-refractivity contribution in [3.05, 3.63) is 94.7 Å². The van der Waals surface area contributed by atoms with Gasteiger partial charge in [0, 0.05) is 23.0 Å². The summed E-state index contributed by atoms with van der Waals surface area (Å²) in [7, 11) is 0. The second-order valence-corrected chi connectivity index (χ2v) is 10.9. The molecule has 6 aromatic rings. The van der Waals surface area contributed by atoms with Crippen molar-refractivity contribution in [3.63, 3.8) is 0 Å². The maximum Gasteiger partial charge on any atom is 0.227 e. The van der Waals surface area contributed by atoms with Crippen molar-refractivity contribution >= 4 is 33.1 Å². The third-order valence-electron chi connectivity index (χ3n) is 7.29. The predicted molar refractivity (Wildman–Crippen MR) is 149 cm³/mol. The number of benzene rings is 3. The summed E-state index contributed by atoms with van der Waals surface area (Å²) in [5, 5.41) is 2.18. The van der Waals surface area contributed by atoms with Crippen LogP contribution in [0.1, 0.15) is 48.7 Å². The number of rotatable bonds is 3. The lowest BCUT2D eigenvalue weighted by atomic mass is 9.86. The first-order valence-corrected chi connectivity index (χ1v) is 12.6. The Labute approximate surface area is 211 Å². The zero-order chi connectivity index (χ0) is 25.2. The van der Waals surface area contributed by atoms with Crippen LogP contribution in [-0.2, 0) is 12.0 Å². The van der Waals surface area contributed by atoms with Crippen LogP contribution in [-0.4, -0.2) is 14.5 Å².